The summed E-state index contributed by atoms with van der Waals surface area (Å²) in [5.41, 5.74) is 2.25. The number of hydrogen-bond acceptors (Lipinski definition) is 2. The van der Waals surface area contributed by atoms with Crippen LogP contribution in [0.4, 0.5) is 0 Å². The fourth-order valence-corrected chi connectivity index (χ4v) is 3.27. The van der Waals surface area contributed by atoms with Crippen LogP contribution in [0.1, 0.15) is 31.4 Å². The molecule has 0 bridgehead atoms. The van der Waals surface area contributed by atoms with Crippen molar-refractivity contribution in [3.63, 3.8) is 0 Å². The highest BCUT2D eigenvalue weighted by Crippen LogP contribution is 2.30. The molecule has 106 valence electrons. The van der Waals surface area contributed by atoms with E-state index in [1.165, 1.54) is 10.9 Å². The van der Waals surface area contributed by atoms with Crippen LogP contribution in [0.15, 0.2) is 24.3 Å². The molecular weight excluding hydrogens is 252 g/mol. The molecular formula is C16H20N2O2. The summed E-state index contributed by atoms with van der Waals surface area (Å²) in [4.78, 5) is 11.0. The van der Waals surface area contributed by atoms with E-state index in [2.05, 4.69) is 21.9 Å². The van der Waals surface area contributed by atoms with Gasteiger partial charge in [0.2, 0.25) is 0 Å². The number of aromatic nitrogens is 2. The van der Waals surface area contributed by atoms with Crippen LogP contribution in [0.2, 0.25) is 0 Å². The van der Waals surface area contributed by atoms with Gasteiger partial charge in [0, 0.05) is 11.9 Å². The molecule has 4 nitrogen and oxygen atoms in total. The van der Waals surface area contributed by atoms with E-state index in [1.54, 1.807) is 0 Å². The van der Waals surface area contributed by atoms with E-state index in [4.69, 9.17) is 5.11 Å². The lowest BCUT2D eigenvalue weighted by Gasteiger charge is -2.26. The van der Waals surface area contributed by atoms with E-state index in [0.717, 1.165) is 37.9 Å². The summed E-state index contributed by atoms with van der Waals surface area (Å²) < 4.78 is 2.09. The minimum absolute atomic E-state index is 0.137. The number of fused-ring (bicyclic) bond motifs is 1. The van der Waals surface area contributed by atoms with Crippen molar-refractivity contribution in [2.75, 3.05) is 0 Å². The summed E-state index contributed by atoms with van der Waals surface area (Å²) in [6.45, 7) is 2.95. The van der Waals surface area contributed by atoms with Crippen LogP contribution in [-0.4, -0.2) is 20.9 Å². The predicted octanol–water partition coefficient (Wildman–Crippen LogP) is 3.24. The zero-order valence-electron chi connectivity index (χ0n) is 11.7. The minimum atomic E-state index is -0.635. The van der Waals surface area contributed by atoms with Crippen molar-refractivity contribution in [1.82, 2.24) is 9.78 Å². The number of aryl methyl sites for hydroxylation is 1. The molecule has 0 saturated heterocycles. The lowest BCUT2D eigenvalue weighted by molar-refractivity contribution is -0.143. The Kier molecular flexibility index (Phi) is 3.47. The minimum Gasteiger partial charge on any atom is -0.481 e. The fourth-order valence-electron chi connectivity index (χ4n) is 3.27. The number of carbonyl (C=O) groups is 1. The molecule has 2 aromatic rings. The number of para-hydroxylation sites is 1. The van der Waals surface area contributed by atoms with E-state index in [0.29, 0.717) is 5.92 Å². The first-order chi connectivity index (χ1) is 9.65. The molecule has 1 aliphatic rings. The Hall–Kier alpha value is -1.84. The highest BCUT2D eigenvalue weighted by atomic mass is 16.4. The summed E-state index contributed by atoms with van der Waals surface area (Å²) in [7, 11) is 0. The van der Waals surface area contributed by atoms with Gasteiger partial charge in [-0.15, -0.1) is 0 Å². The largest absolute Gasteiger partial charge is 0.481 e. The highest BCUT2D eigenvalue weighted by molar-refractivity contribution is 5.81. The Labute approximate surface area is 118 Å². The van der Waals surface area contributed by atoms with Crippen LogP contribution < -0.4 is 0 Å². The number of rotatable bonds is 3. The lowest BCUT2D eigenvalue weighted by Crippen LogP contribution is -2.24. The standard InChI is InChI=1S/C16H20N2O2/c1-11-14-4-2-3-5-15(14)18(17-11)10-12-6-8-13(9-7-12)16(19)20/h2-5,12-13H,6-10H2,1H3,(H,19,20)/t12-,13-. The van der Waals surface area contributed by atoms with Crippen LogP contribution >= 0.6 is 0 Å². The zero-order valence-corrected chi connectivity index (χ0v) is 11.7. The van der Waals surface area contributed by atoms with Crippen molar-refractivity contribution in [1.29, 1.82) is 0 Å². The number of nitrogens with zero attached hydrogens (tertiary/aromatic N) is 2. The van der Waals surface area contributed by atoms with Gasteiger partial charge in [-0.1, -0.05) is 18.2 Å². The number of aliphatic carboxylic acids is 1. The number of carboxylic acids is 1. The molecule has 1 aromatic carbocycles. The van der Waals surface area contributed by atoms with Gasteiger partial charge in [0.25, 0.3) is 0 Å². The second-order valence-electron chi connectivity index (χ2n) is 5.84. The van der Waals surface area contributed by atoms with Crippen molar-refractivity contribution in [2.45, 2.75) is 39.2 Å². The van der Waals surface area contributed by atoms with Crippen molar-refractivity contribution in [3.05, 3.63) is 30.0 Å². The van der Waals surface area contributed by atoms with Gasteiger partial charge in [0.1, 0.15) is 0 Å². The average molecular weight is 272 g/mol. The van der Waals surface area contributed by atoms with E-state index in [1.807, 2.05) is 19.1 Å². The van der Waals surface area contributed by atoms with Crippen molar-refractivity contribution in [2.24, 2.45) is 11.8 Å². The monoisotopic (exact) mass is 272 g/mol. The molecule has 0 aliphatic heterocycles. The maximum absolute atomic E-state index is 11.0. The van der Waals surface area contributed by atoms with Gasteiger partial charge in [-0.2, -0.15) is 5.10 Å². The molecule has 1 saturated carbocycles. The first kappa shape index (κ1) is 13.2. The lowest BCUT2D eigenvalue weighted by atomic mass is 9.82. The summed E-state index contributed by atoms with van der Waals surface area (Å²) >= 11 is 0. The topological polar surface area (TPSA) is 55.1 Å². The van der Waals surface area contributed by atoms with Crippen molar-refractivity contribution >= 4 is 16.9 Å². The summed E-state index contributed by atoms with van der Waals surface area (Å²) in [6, 6.07) is 8.30. The molecule has 0 unspecified atom stereocenters. The Morgan fingerprint density at radius 1 is 1.30 bits per heavy atom. The van der Waals surface area contributed by atoms with E-state index >= 15 is 0 Å². The zero-order chi connectivity index (χ0) is 14.1. The van der Waals surface area contributed by atoms with E-state index < -0.39 is 5.97 Å². The van der Waals surface area contributed by atoms with Crippen molar-refractivity contribution in [3.8, 4) is 0 Å². The molecule has 0 atom stereocenters. The Morgan fingerprint density at radius 3 is 2.70 bits per heavy atom. The molecule has 1 heterocycles. The number of hydrogen-bond donors (Lipinski definition) is 1. The first-order valence-electron chi connectivity index (χ1n) is 7.30. The van der Waals surface area contributed by atoms with Gasteiger partial charge < -0.3 is 5.11 Å². The number of benzene rings is 1. The molecule has 1 aliphatic carbocycles. The Bertz CT molecular complexity index is 624. The summed E-state index contributed by atoms with van der Waals surface area (Å²) in [6.07, 6.45) is 3.59. The second-order valence-corrected chi connectivity index (χ2v) is 5.84. The molecule has 0 radical (unpaired) electrons. The normalized spacial score (nSPS) is 23.1. The average Bonchev–Trinajstić information content (AvgIpc) is 2.77. The summed E-state index contributed by atoms with van der Waals surface area (Å²) in [5, 5.41) is 14.9. The van der Waals surface area contributed by atoms with Crippen LogP contribution in [-0.2, 0) is 11.3 Å². The maximum atomic E-state index is 11.0. The summed E-state index contributed by atoms with van der Waals surface area (Å²) in [5.74, 6) is -0.223. The molecule has 3 rings (SSSR count). The molecule has 1 N–H and O–H groups in total. The molecule has 0 spiro atoms. The number of carboxylic acid groups (broad SMARTS) is 1. The van der Waals surface area contributed by atoms with Gasteiger partial charge in [-0.3, -0.25) is 9.48 Å². The third-order valence-corrected chi connectivity index (χ3v) is 4.47. The molecule has 4 heteroatoms. The SMILES string of the molecule is Cc1nn(C[C@H]2CC[C@H](C(=O)O)CC2)c2ccccc12. The van der Waals surface area contributed by atoms with Gasteiger partial charge >= 0.3 is 5.97 Å². The fraction of sp³-hybridized carbons (Fsp3) is 0.500. The third kappa shape index (κ3) is 2.42. The molecule has 1 fully saturated rings. The molecule has 20 heavy (non-hydrogen) atoms. The Balaban J connectivity index is 1.73. The first-order valence-corrected chi connectivity index (χ1v) is 7.30. The van der Waals surface area contributed by atoms with Crippen LogP contribution in [0.5, 0.6) is 0 Å². The predicted molar refractivity (Wildman–Crippen MR) is 77.6 cm³/mol. The van der Waals surface area contributed by atoms with Gasteiger partial charge in [-0.25, -0.2) is 0 Å². The third-order valence-electron chi connectivity index (χ3n) is 4.47. The van der Waals surface area contributed by atoms with Crippen LogP contribution in [0.25, 0.3) is 10.9 Å². The van der Waals surface area contributed by atoms with Crippen LogP contribution in [0, 0.1) is 18.8 Å². The highest BCUT2D eigenvalue weighted by Gasteiger charge is 2.26. The molecule has 1 aromatic heterocycles. The van der Waals surface area contributed by atoms with Gasteiger partial charge in [-0.05, 0) is 44.6 Å². The van der Waals surface area contributed by atoms with Crippen molar-refractivity contribution < 1.29 is 9.90 Å². The van der Waals surface area contributed by atoms with Gasteiger partial charge in [0.05, 0.1) is 17.1 Å². The Morgan fingerprint density at radius 2 is 2.00 bits per heavy atom. The van der Waals surface area contributed by atoms with Gasteiger partial charge in [0.15, 0.2) is 0 Å². The second kappa shape index (κ2) is 5.27. The van der Waals surface area contributed by atoms with Crippen LogP contribution in [0.3, 0.4) is 0 Å². The van der Waals surface area contributed by atoms with E-state index in [-0.39, 0.29) is 5.92 Å². The van der Waals surface area contributed by atoms with E-state index in [9.17, 15) is 4.79 Å². The maximum Gasteiger partial charge on any atom is 0.306 e. The quantitative estimate of drug-likeness (QED) is 0.933. The molecule has 0 amide bonds. The smallest absolute Gasteiger partial charge is 0.306 e.